The van der Waals surface area contributed by atoms with Crippen molar-refractivity contribution in [3.63, 3.8) is 0 Å². The molecule has 22 heavy (non-hydrogen) atoms. The molecule has 0 atom stereocenters. The van der Waals surface area contributed by atoms with Crippen molar-refractivity contribution in [2.45, 2.75) is 19.8 Å². The van der Waals surface area contributed by atoms with Crippen molar-refractivity contribution in [2.75, 3.05) is 5.32 Å². The summed E-state index contributed by atoms with van der Waals surface area (Å²) in [6.45, 7) is 2.13. The van der Waals surface area contributed by atoms with Crippen LogP contribution in [0, 0.1) is 0 Å². The number of rotatable bonds is 1. The molecule has 2 heteroatoms. The summed E-state index contributed by atoms with van der Waals surface area (Å²) in [6, 6.07) is 7.86. The highest BCUT2D eigenvalue weighted by Crippen LogP contribution is 2.38. The molecule has 108 valence electrons. The summed E-state index contributed by atoms with van der Waals surface area (Å²) in [5.74, 6) is -0.0158. The lowest BCUT2D eigenvalue weighted by molar-refractivity contribution is -0.110. The third kappa shape index (κ3) is 2.00. The zero-order valence-corrected chi connectivity index (χ0v) is 12.5. The molecule has 1 heterocycles. The van der Waals surface area contributed by atoms with Crippen LogP contribution in [0.25, 0.3) is 5.57 Å². The molecule has 1 aromatic rings. The molecule has 0 spiro atoms. The van der Waals surface area contributed by atoms with Crippen molar-refractivity contribution < 1.29 is 4.79 Å². The summed E-state index contributed by atoms with van der Waals surface area (Å²) in [7, 11) is 0. The second-order valence-electron chi connectivity index (χ2n) is 5.85. The number of anilines is 1. The van der Waals surface area contributed by atoms with Gasteiger partial charge in [-0.05, 0) is 54.2 Å². The normalized spacial score (nSPS) is 21.3. The molecule has 2 aliphatic carbocycles. The lowest BCUT2D eigenvalue weighted by Gasteiger charge is -2.05. The minimum absolute atomic E-state index is 0.0158. The van der Waals surface area contributed by atoms with Gasteiger partial charge in [-0.3, -0.25) is 4.79 Å². The predicted molar refractivity (Wildman–Crippen MR) is 90.3 cm³/mol. The predicted octanol–water partition coefficient (Wildman–Crippen LogP) is 4.56. The number of nitrogens with one attached hydrogen (secondary N) is 1. The molecule has 0 unspecified atom stereocenters. The third-order valence-electron chi connectivity index (χ3n) is 4.37. The average molecular weight is 287 g/mol. The van der Waals surface area contributed by atoms with Gasteiger partial charge in [0.25, 0.3) is 5.91 Å². The Morgan fingerprint density at radius 1 is 1.18 bits per heavy atom. The van der Waals surface area contributed by atoms with Crippen LogP contribution in [0.1, 0.15) is 25.3 Å². The van der Waals surface area contributed by atoms with Gasteiger partial charge in [-0.1, -0.05) is 42.5 Å². The Morgan fingerprint density at radius 3 is 2.95 bits per heavy atom. The highest BCUT2D eigenvalue weighted by Gasteiger charge is 2.25. The Balaban J connectivity index is 1.79. The van der Waals surface area contributed by atoms with Crippen LogP contribution < -0.4 is 5.32 Å². The fourth-order valence-corrected chi connectivity index (χ4v) is 3.29. The van der Waals surface area contributed by atoms with Gasteiger partial charge in [-0.2, -0.15) is 0 Å². The standard InChI is InChI=1S/C20H17NO/c1-13-11-14(16-8-4-2-3-7-15(13)16)12-18-17-9-5-6-10-19(17)21-20(18)22/h3,5-12H,2,4H2,1H3,(H,21,22)/b18-12+. The zero-order chi connectivity index (χ0) is 15.1. The molecule has 1 aromatic carbocycles. The molecule has 1 amide bonds. The lowest BCUT2D eigenvalue weighted by Crippen LogP contribution is -2.04. The first-order chi connectivity index (χ1) is 10.7. The number of para-hydroxylation sites is 1. The van der Waals surface area contributed by atoms with Crippen molar-refractivity contribution >= 4 is 17.2 Å². The fraction of sp³-hybridized carbons (Fsp3) is 0.150. The van der Waals surface area contributed by atoms with Gasteiger partial charge in [0.1, 0.15) is 0 Å². The molecule has 0 fully saturated rings. The van der Waals surface area contributed by atoms with E-state index in [2.05, 4.69) is 36.5 Å². The summed E-state index contributed by atoms with van der Waals surface area (Å²) in [5.41, 5.74) is 7.60. The maximum atomic E-state index is 12.3. The number of fused-ring (bicyclic) bond motifs is 2. The van der Waals surface area contributed by atoms with Crippen LogP contribution in [0.2, 0.25) is 0 Å². The van der Waals surface area contributed by atoms with Gasteiger partial charge in [-0.25, -0.2) is 0 Å². The van der Waals surface area contributed by atoms with Crippen molar-refractivity contribution in [1.29, 1.82) is 0 Å². The van der Waals surface area contributed by atoms with E-state index < -0.39 is 0 Å². The number of carbonyl (C=O) groups is 1. The Labute approximate surface area is 130 Å². The molecule has 3 aliphatic rings. The van der Waals surface area contributed by atoms with E-state index >= 15 is 0 Å². The summed E-state index contributed by atoms with van der Waals surface area (Å²) in [6.07, 6.45) is 13.1. The summed E-state index contributed by atoms with van der Waals surface area (Å²) in [5, 5.41) is 2.94. The van der Waals surface area contributed by atoms with Gasteiger partial charge in [0.15, 0.2) is 0 Å². The summed E-state index contributed by atoms with van der Waals surface area (Å²) in [4.78, 5) is 12.3. The average Bonchev–Trinajstić information content (AvgIpc) is 2.86. The first-order valence-electron chi connectivity index (χ1n) is 7.66. The highest BCUT2D eigenvalue weighted by molar-refractivity contribution is 6.32. The van der Waals surface area contributed by atoms with E-state index in [1.54, 1.807) is 0 Å². The maximum Gasteiger partial charge on any atom is 0.256 e. The van der Waals surface area contributed by atoms with E-state index in [0.717, 1.165) is 35.2 Å². The van der Waals surface area contributed by atoms with Crippen molar-refractivity contribution in [1.82, 2.24) is 0 Å². The third-order valence-corrected chi connectivity index (χ3v) is 4.37. The molecule has 0 bridgehead atoms. The number of hydrogen-bond donors (Lipinski definition) is 1. The first-order valence-corrected chi connectivity index (χ1v) is 7.66. The molecule has 0 radical (unpaired) electrons. The topological polar surface area (TPSA) is 29.1 Å². The monoisotopic (exact) mass is 287 g/mol. The van der Waals surface area contributed by atoms with E-state index in [4.69, 9.17) is 0 Å². The lowest BCUT2D eigenvalue weighted by atomic mass is 9.98. The number of hydrogen-bond acceptors (Lipinski definition) is 1. The molecule has 1 aliphatic heterocycles. The van der Waals surface area contributed by atoms with Crippen LogP contribution in [0.4, 0.5) is 5.69 Å². The Kier molecular flexibility index (Phi) is 2.97. The molecule has 2 nitrogen and oxygen atoms in total. The van der Waals surface area contributed by atoms with Crippen LogP contribution >= 0.6 is 0 Å². The minimum atomic E-state index is -0.0158. The SMILES string of the molecule is CC1=C2C=CCCC=C2C(/C=C2/C(=O)Nc3ccccc32)=C1. The van der Waals surface area contributed by atoms with Crippen LogP contribution in [-0.2, 0) is 4.79 Å². The van der Waals surface area contributed by atoms with Gasteiger partial charge >= 0.3 is 0 Å². The number of allylic oxidation sites excluding steroid dienone is 9. The van der Waals surface area contributed by atoms with Crippen LogP contribution in [0.5, 0.6) is 0 Å². The largest absolute Gasteiger partial charge is 0.321 e. The summed E-state index contributed by atoms with van der Waals surface area (Å²) >= 11 is 0. The maximum absolute atomic E-state index is 12.3. The number of amides is 1. The van der Waals surface area contributed by atoms with Crippen molar-refractivity contribution in [2.24, 2.45) is 0 Å². The summed E-state index contributed by atoms with van der Waals surface area (Å²) < 4.78 is 0. The second kappa shape index (κ2) is 4.99. The fourth-order valence-electron chi connectivity index (χ4n) is 3.29. The zero-order valence-electron chi connectivity index (χ0n) is 12.5. The van der Waals surface area contributed by atoms with Crippen molar-refractivity contribution in [3.05, 3.63) is 82.5 Å². The highest BCUT2D eigenvalue weighted by atomic mass is 16.2. The van der Waals surface area contributed by atoms with Crippen LogP contribution in [0.3, 0.4) is 0 Å². The Morgan fingerprint density at radius 2 is 2.05 bits per heavy atom. The van der Waals surface area contributed by atoms with Gasteiger partial charge in [0.05, 0.1) is 0 Å². The Bertz CT molecular complexity index is 831. The van der Waals surface area contributed by atoms with E-state index in [-0.39, 0.29) is 5.91 Å². The van der Waals surface area contributed by atoms with Crippen molar-refractivity contribution in [3.8, 4) is 0 Å². The van der Waals surface area contributed by atoms with E-state index in [1.807, 2.05) is 30.3 Å². The van der Waals surface area contributed by atoms with E-state index in [9.17, 15) is 4.79 Å². The van der Waals surface area contributed by atoms with E-state index in [1.165, 1.54) is 16.7 Å². The molecular weight excluding hydrogens is 270 g/mol. The first kappa shape index (κ1) is 13.1. The van der Waals surface area contributed by atoms with Gasteiger partial charge in [0, 0.05) is 16.8 Å². The Hall–Kier alpha value is -2.61. The molecule has 0 aromatic heterocycles. The van der Waals surface area contributed by atoms with Gasteiger partial charge in [-0.15, -0.1) is 0 Å². The smallest absolute Gasteiger partial charge is 0.256 e. The molecule has 0 saturated carbocycles. The number of benzene rings is 1. The quantitative estimate of drug-likeness (QED) is 0.754. The van der Waals surface area contributed by atoms with Gasteiger partial charge in [0.2, 0.25) is 0 Å². The number of carbonyl (C=O) groups excluding carboxylic acids is 1. The molecule has 4 rings (SSSR count). The second-order valence-corrected chi connectivity index (χ2v) is 5.85. The van der Waals surface area contributed by atoms with Crippen LogP contribution in [-0.4, -0.2) is 5.91 Å². The molecular formula is C20H17NO. The van der Waals surface area contributed by atoms with E-state index in [0.29, 0.717) is 0 Å². The molecule has 0 saturated heterocycles. The van der Waals surface area contributed by atoms with Gasteiger partial charge < -0.3 is 5.32 Å². The van der Waals surface area contributed by atoms with Crippen LogP contribution in [0.15, 0.2) is 76.9 Å². The molecule has 1 N–H and O–H groups in total. The minimum Gasteiger partial charge on any atom is -0.321 e.